The largest absolute Gasteiger partial charge is 0.497 e. The lowest BCUT2D eigenvalue weighted by molar-refractivity contribution is 0.415. The Morgan fingerprint density at radius 1 is 1.03 bits per heavy atom. The Balaban J connectivity index is 1.41. The first-order valence-electron chi connectivity index (χ1n) is 10.3. The Labute approximate surface area is 188 Å². The third-order valence-corrected chi connectivity index (χ3v) is 7.29. The molecule has 3 aromatic rings. The Hall–Kier alpha value is -3.52. The number of benzene rings is 3. The smallest absolute Gasteiger partial charge is 0.264 e. The maximum Gasteiger partial charge on any atom is 0.264 e. The summed E-state index contributed by atoms with van der Waals surface area (Å²) in [5.74, 6) is 0.999. The van der Waals surface area contributed by atoms with Gasteiger partial charge in [0.05, 0.1) is 23.4 Å². The molecule has 0 bridgehead atoms. The quantitative estimate of drug-likeness (QED) is 0.548. The lowest BCUT2D eigenvalue weighted by atomic mass is 9.97. The molecule has 3 aromatic carbocycles. The van der Waals surface area contributed by atoms with Crippen LogP contribution in [0.2, 0.25) is 0 Å². The van der Waals surface area contributed by atoms with Crippen LogP contribution in [0, 0.1) is 5.92 Å². The maximum absolute atomic E-state index is 12.9. The van der Waals surface area contributed by atoms with Gasteiger partial charge in [0, 0.05) is 31.7 Å². The van der Waals surface area contributed by atoms with Crippen LogP contribution in [0.3, 0.4) is 0 Å². The van der Waals surface area contributed by atoms with Gasteiger partial charge < -0.3 is 15.5 Å². The van der Waals surface area contributed by atoms with Crippen LogP contribution in [-0.2, 0) is 10.0 Å². The van der Waals surface area contributed by atoms with E-state index in [1.165, 1.54) is 4.31 Å². The van der Waals surface area contributed by atoms with Crippen LogP contribution in [0.5, 0.6) is 5.75 Å². The van der Waals surface area contributed by atoms with Crippen molar-refractivity contribution < 1.29 is 13.2 Å². The van der Waals surface area contributed by atoms with Crippen LogP contribution >= 0.6 is 0 Å². The second-order valence-corrected chi connectivity index (χ2v) is 9.47. The molecule has 1 heterocycles. The minimum absolute atomic E-state index is 0.191. The number of sulfonamides is 1. The number of hydrogen-bond acceptors (Lipinski definition) is 6. The van der Waals surface area contributed by atoms with Crippen molar-refractivity contribution >= 4 is 27.1 Å². The number of hydrogen-bond donors (Lipinski definition) is 2. The molecule has 0 fully saturated rings. The van der Waals surface area contributed by atoms with E-state index in [1.807, 2.05) is 42.5 Å². The predicted molar refractivity (Wildman–Crippen MR) is 128 cm³/mol. The number of methoxy groups -OCH3 is 1. The SMILES string of the molecule is COc1ccc(C2=NNCC2CNc2ccc(S(=O)(=O)N(C)c3ccccc3)cc2)cc1. The standard InChI is InChI=1S/C24H26N4O3S/c1-28(21-6-4-3-5-7-21)32(29,30)23-14-10-20(11-15-23)25-16-19-17-26-27-24(19)18-8-12-22(31-2)13-9-18/h3-15,19,25-26H,16-17H2,1-2H3. The fraction of sp³-hybridized carbons (Fsp3) is 0.208. The fourth-order valence-electron chi connectivity index (χ4n) is 3.58. The molecule has 1 unspecified atom stereocenters. The highest BCUT2D eigenvalue weighted by atomic mass is 32.2. The van der Waals surface area contributed by atoms with Gasteiger partial charge in [0.1, 0.15) is 5.75 Å². The van der Waals surface area contributed by atoms with Crippen molar-refractivity contribution in [1.29, 1.82) is 0 Å². The minimum atomic E-state index is -3.62. The molecule has 4 rings (SSSR count). The van der Waals surface area contributed by atoms with Crippen LogP contribution < -0.4 is 19.8 Å². The zero-order valence-electron chi connectivity index (χ0n) is 18.0. The molecule has 166 valence electrons. The topological polar surface area (TPSA) is 83.0 Å². The first kappa shape index (κ1) is 21.7. The molecule has 7 nitrogen and oxygen atoms in total. The average molecular weight is 451 g/mol. The summed E-state index contributed by atoms with van der Waals surface area (Å²) in [4.78, 5) is 0.248. The maximum atomic E-state index is 12.9. The van der Waals surface area contributed by atoms with E-state index in [9.17, 15) is 8.42 Å². The Morgan fingerprint density at radius 2 is 1.72 bits per heavy atom. The van der Waals surface area contributed by atoms with E-state index in [1.54, 1.807) is 50.6 Å². The van der Waals surface area contributed by atoms with Crippen molar-refractivity contribution in [2.45, 2.75) is 4.90 Å². The molecule has 0 saturated heterocycles. The number of hydrazone groups is 1. The molecule has 32 heavy (non-hydrogen) atoms. The van der Waals surface area contributed by atoms with Crippen molar-refractivity contribution in [2.75, 3.05) is 36.9 Å². The van der Waals surface area contributed by atoms with Crippen LogP contribution in [0.25, 0.3) is 0 Å². The second kappa shape index (κ2) is 9.32. The van der Waals surface area contributed by atoms with E-state index in [4.69, 9.17) is 4.74 Å². The average Bonchev–Trinajstić information content (AvgIpc) is 3.32. The van der Waals surface area contributed by atoms with Crippen LogP contribution in [0.1, 0.15) is 5.56 Å². The molecule has 2 N–H and O–H groups in total. The zero-order chi connectivity index (χ0) is 22.6. The van der Waals surface area contributed by atoms with E-state index in [0.717, 1.165) is 29.3 Å². The Bertz CT molecular complexity index is 1180. The van der Waals surface area contributed by atoms with E-state index < -0.39 is 10.0 Å². The van der Waals surface area contributed by atoms with Crippen molar-refractivity contribution in [3.63, 3.8) is 0 Å². The summed E-state index contributed by atoms with van der Waals surface area (Å²) in [6.45, 7) is 1.41. The summed E-state index contributed by atoms with van der Waals surface area (Å²) in [5.41, 5.74) is 6.59. The van der Waals surface area contributed by atoms with Gasteiger partial charge >= 0.3 is 0 Å². The first-order valence-corrected chi connectivity index (χ1v) is 11.8. The van der Waals surface area contributed by atoms with Crippen LogP contribution in [0.4, 0.5) is 11.4 Å². The van der Waals surface area contributed by atoms with Gasteiger partial charge in [-0.05, 0) is 66.2 Å². The number of anilines is 2. The van der Waals surface area contributed by atoms with Crippen LogP contribution in [0.15, 0.2) is 88.9 Å². The van der Waals surface area contributed by atoms with Crippen molar-refractivity contribution in [1.82, 2.24) is 5.43 Å². The molecular weight excluding hydrogens is 424 g/mol. The van der Waals surface area contributed by atoms with Crippen molar-refractivity contribution in [3.8, 4) is 5.75 Å². The van der Waals surface area contributed by atoms with Gasteiger partial charge in [-0.1, -0.05) is 18.2 Å². The molecule has 0 aromatic heterocycles. The summed E-state index contributed by atoms with van der Waals surface area (Å²) in [5, 5.41) is 7.85. The van der Waals surface area contributed by atoms with E-state index in [0.29, 0.717) is 12.2 Å². The molecule has 8 heteroatoms. The van der Waals surface area contributed by atoms with Gasteiger partial charge in [-0.15, -0.1) is 0 Å². The normalized spacial score (nSPS) is 15.6. The monoisotopic (exact) mass is 450 g/mol. The summed E-state index contributed by atoms with van der Waals surface area (Å²) in [7, 11) is -0.419. The van der Waals surface area contributed by atoms with Crippen LogP contribution in [-0.4, -0.2) is 41.4 Å². The fourth-order valence-corrected chi connectivity index (χ4v) is 4.78. The number of nitrogens with one attached hydrogen (secondary N) is 2. The predicted octanol–water partition coefficient (Wildman–Crippen LogP) is 3.56. The highest BCUT2D eigenvalue weighted by molar-refractivity contribution is 7.92. The second-order valence-electron chi connectivity index (χ2n) is 7.50. The third-order valence-electron chi connectivity index (χ3n) is 5.49. The van der Waals surface area contributed by atoms with E-state index >= 15 is 0 Å². The summed E-state index contributed by atoms with van der Waals surface area (Å²) in [6.07, 6.45) is 0. The zero-order valence-corrected chi connectivity index (χ0v) is 18.8. The minimum Gasteiger partial charge on any atom is -0.497 e. The van der Waals surface area contributed by atoms with Gasteiger partial charge in [0.2, 0.25) is 0 Å². The van der Waals surface area contributed by atoms with Gasteiger partial charge in [-0.2, -0.15) is 5.10 Å². The van der Waals surface area contributed by atoms with Gasteiger partial charge in [-0.3, -0.25) is 4.31 Å². The molecular formula is C24H26N4O3S. The van der Waals surface area contributed by atoms with E-state index in [2.05, 4.69) is 15.8 Å². The summed E-state index contributed by atoms with van der Waals surface area (Å²) < 4.78 is 32.4. The van der Waals surface area contributed by atoms with E-state index in [-0.39, 0.29) is 10.8 Å². The number of ether oxygens (including phenoxy) is 1. The van der Waals surface area contributed by atoms with Gasteiger partial charge in [0.15, 0.2) is 0 Å². The number of para-hydroxylation sites is 1. The molecule has 0 amide bonds. The lowest BCUT2D eigenvalue weighted by Crippen LogP contribution is -2.26. The number of rotatable bonds is 8. The summed E-state index contributed by atoms with van der Waals surface area (Å²) >= 11 is 0. The van der Waals surface area contributed by atoms with Gasteiger partial charge in [0.25, 0.3) is 10.0 Å². The molecule has 1 aliphatic heterocycles. The molecule has 0 radical (unpaired) electrons. The first-order chi connectivity index (χ1) is 15.5. The molecule has 0 spiro atoms. The molecule has 1 atom stereocenters. The molecule has 1 aliphatic rings. The molecule has 0 saturated carbocycles. The summed E-state index contributed by atoms with van der Waals surface area (Å²) in [6, 6.07) is 23.7. The molecule has 0 aliphatic carbocycles. The Morgan fingerprint density at radius 3 is 2.38 bits per heavy atom. The van der Waals surface area contributed by atoms with Crippen molar-refractivity contribution in [3.05, 3.63) is 84.4 Å². The van der Waals surface area contributed by atoms with Gasteiger partial charge in [-0.25, -0.2) is 8.42 Å². The highest BCUT2D eigenvalue weighted by Crippen LogP contribution is 2.23. The number of nitrogens with zero attached hydrogens (tertiary/aromatic N) is 2. The highest BCUT2D eigenvalue weighted by Gasteiger charge is 2.23. The van der Waals surface area contributed by atoms with Crippen molar-refractivity contribution in [2.24, 2.45) is 11.0 Å². The lowest BCUT2D eigenvalue weighted by Gasteiger charge is -2.20. The Kier molecular flexibility index (Phi) is 6.32. The third kappa shape index (κ3) is 4.55.